The highest BCUT2D eigenvalue weighted by atomic mass is 35.5. The number of benzene rings is 2. The fourth-order valence-corrected chi connectivity index (χ4v) is 2.59. The average molecular weight is 393 g/mol. The van der Waals surface area contributed by atoms with E-state index >= 15 is 0 Å². The largest absolute Gasteiger partial charge is 0.505 e. The Balaban J connectivity index is 2.04. The van der Waals surface area contributed by atoms with E-state index in [-0.39, 0.29) is 39.6 Å². The molecular formula is C16H13Cl3FNO3. The van der Waals surface area contributed by atoms with Crippen LogP contribution in [-0.4, -0.2) is 36.1 Å². The van der Waals surface area contributed by atoms with Crippen LogP contribution in [0.2, 0.25) is 15.1 Å². The summed E-state index contributed by atoms with van der Waals surface area (Å²) in [6, 6.07) is 6.77. The standard InChI is InChI=1S/C16H13Cl3FNO3/c1-21(6-7-24-10-4-2-9(20)3-5-10)16(23)13-14(19)11(17)8-12(18)15(13)22/h2-5,8,22H,6-7H2,1H3. The van der Waals surface area contributed by atoms with E-state index in [1.54, 1.807) is 0 Å². The Labute approximate surface area is 153 Å². The molecule has 0 fully saturated rings. The molecule has 0 atom stereocenters. The van der Waals surface area contributed by atoms with Gasteiger partial charge in [-0.2, -0.15) is 0 Å². The van der Waals surface area contributed by atoms with E-state index in [1.807, 2.05) is 0 Å². The topological polar surface area (TPSA) is 49.8 Å². The number of amides is 1. The molecule has 0 aliphatic carbocycles. The Morgan fingerprint density at radius 3 is 2.46 bits per heavy atom. The molecule has 0 aliphatic rings. The maximum Gasteiger partial charge on any atom is 0.259 e. The van der Waals surface area contributed by atoms with Gasteiger partial charge in [-0.1, -0.05) is 34.8 Å². The van der Waals surface area contributed by atoms with Gasteiger partial charge in [0.25, 0.3) is 5.91 Å². The summed E-state index contributed by atoms with van der Waals surface area (Å²) in [5, 5.41) is 9.89. The molecule has 2 aromatic carbocycles. The molecule has 0 spiro atoms. The number of nitrogens with zero attached hydrogens (tertiary/aromatic N) is 1. The van der Waals surface area contributed by atoms with Crippen molar-refractivity contribution in [2.75, 3.05) is 20.2 Å². The second-order valence-corrected chi connectivity index (χ2v) is 6.10. The number of phenols is 1. The number of phenolic OH excluding ortho intramolecular Hbond substituents is 1. The summed E-state index contributed by atoms with van der Waals surface area (Å²) in [5.74, 6) is -0.867. The van der Waals surface area contributed by atoms with Crippen molar-refractivity contribution in [3.63, 3.8) is 0 Å². The molecule has 0 saturated carbocycles. The molecule has 4 nitrogen and oxygen atoms in total. The van der Waals surface area contributed by atoms with Gasteiger partial charge in [0.15, 0.2) is 0 Å². The minimum Gasteiger partial charge on any atom is -0.505 e. The third-order valence-corrected chi connectivity index (χ3v) is 4.29. The summed E-state index contributed by atoms with van der Waals surface area (Å²) in [7, 11) is 1.51. The molecule has 8 heteroatoms. The maximum atomic E-state index is 12.8. The van der Waals surface area contributed by atoms with Crippen LogP contribution in [0.1, 0.15) is 10.4 Å². The van der Waals surface area contributed by atoms with E-state index < -0.39 is 11.7 Å². The third kappa shape index (κ3) is 4.23. The van der Waals surface area contributed by atoms with E-state index in [0.717, 1.165) is 0 Å². The van der Waals surface area contributed by atoms with Gasteiger partial charge in [-0.3, -0.25) is 4.79 Å². The lowest BCUT2D eigenvalue weighted by Crippen LogP contribution is -2.31. The van der Waals surface area contributed by atoms with Gasteiger partial charge in [-0.25, -0.2) is 4.39 Å². The van der Waals surface area contributed by atoms with Crippen LogP contribution >= 0.6 is 34.8 Å². The number of carbonyl (C=O) groups is 1. The van der Waals surface area contributed by atoms with Gasteiger partial charge in [-0.15, -0.1) is 0 Å². The average Bonchev–Trinajstić information content (AvgIpc) is 2.55. The van der Waals surface area contributed by atoms with E-state index in [1.165, 1.54) is 42.3 Å². The van der Waals surface area contributed by atoms with Gasteiger partial charge in [0.2, 0.25) is 0 Å². The Bertz CT molecular complexity index is 727. The minimum absolute atomic E-state index is 0.0660. The molecular weight excluding hydrogens is 380 g/mol. The first-order chi connectivity index (χ1) is 11.3. The van der Waals surface area contributed by atoms with Gasteiger partial charge in [-0.05, 0) is 30.3 Å². The maximum absolute atomic E-state index is 12.8. The van der Waals surface area contributed by atoms with Crippen LogP contribution in [0.3, 0.4) is 0 Å². The van der Waals surface area contributed by atoms with Crippen LogP contribution < -0.4 is 4.74 Å². The monoisotopic (exact) mass is 391 g/mol. The molecule has 0 unspecified atom stereocenters. The molecule has 0 aliphatic heterocycles. The highest BCUT2D eigenvalue weighted by Crippen LogP contribution is 2.38. The van der Waals surface area contributed by atoms with Crippen molar-refractivity contribution in [2.45, 2.75) is 0 Å². The van der Waals surface area contributed by atoms with Crippen molar-refractivity contribution in [3.05, 3.63) is 56.8 Å². The predicted molar refractivity (Wildman–Crippen MR) is 92.0 cm³/mol. The summed E-state index contributed by atoms with van der Waals surface area (Å²) in [6.07, 6.45) is 0. The lowest BCUT2D eigenvalue weighted by Gasteiger charge is -2.19. The number of rotatable bonds is 5. The molecule has 0 saturated heterocycles. The fraction of sp³-hybridized carbons (Fsp3) is 0.188. The molecule has 1 N–H and O–H groups in total. The molecule has 0 radical (unpaired) electrons. The zero-order valence-corrected chi connectivity index (χ0v) is 14.8. The molecule has 0 heterocycles. The Morgan fingerprint density at radius 1 is 1.21 bits per heavy atom. The van der Waals surface area contributed by atoms with Crippen LogP contribution in [0.25, 0.3) is 0 Å². The van der Waals surface area contributed by atoms with Crippen molar-refractivity contribution in [3.8, 4) is 11.5 Å². The summed E-state index contributed by atoms with van der Waals surface area (Å²) in [5.41, 5.74) is -0.168. The van der Waals surface area contributed by atoms with Crippen LogP contribution in [-0.2, 0) is 0 Å². The van der Waals surface area contributed by atoms with E-state index in [0.29, 0.717) is 5.75 Å². The number of aromatic hydroxyl groups is 1. The SMILES string of the molecule is CN(CCOc1ccc(F)cc1)C(=O)c1c(O)c(Cl)cc(Cl)c1Cl. The lowest BCUT2D eigenvalue weighted by molar-refractivity contribution is 0.0771. The van der Waals surface area contributed by atoms with Gasteiger partial charge >= 0.3 is 0 Å². The normalized spacial score (nSPS) is 10.5. The fourth-order valence-electron chi connectivity index (χ4n) is 1.90. The minimum atomic E-state index is -0.551. The Kier molecular flexibility index (Phi) is 6.15. The number of halogens is 4. The molecule has 1 amide bonds. The first-order valence-electron chi connectivity index (χ1n) is 6.81. The van der Waals surface area contributed by atoms with Crippen LogP contribution in [0.4, 0.5) is 4.39 Å². The van der Waals surface area contributed by atoms with Crippen LogP contribution in [0, 0.1) is 5.82 Å². The molecule has 0 aromatic heterocycles. The molecule has 2 aromatic rings. The second-order valence-electron chi connectivity index (χ2n) is 4.91. The quantitative estimate of drug-likeness (QED) is 0.754. The molecule has 0 bridgehead atoms. The Morgan fingerprint density at radius 2 is 1.83 bits per heavy atom. The number of hydrogen-bond donors (Lipinski definition) is 1. The first-order valence-corrected chi connectivity index (χ1v) is 7.95. The third-order valence-electron chi connectivity index (χ3n) is 3.22. The van der Waals surface area contributed by atoms with Gasteiger partial charge < -0.3 is 14.7 Å². The highest BCUT2D eigenvalue weighted by Gasteiger charge is 2.23. The van der Waals surface area contributed by atoms with Crippen molar-refractivity contribution < 1.29 is 19.0 Å². The lowest BCUT2D eigenvalue weighted by atomic mass is 10.1. The van der Waals surface area contributed by atoms with E-state index in [4.69, 9.17) is 39.5 Å². The Hall–Kier alpha value is -1.69. The predicted octanol–water partition coefficient (Wildman–Crippen LogP) is 4.64. The van der Waals surface area contributed by atoms with Crippen LogP contribution in [0.15, 0.2) is 30.3 Å². The van der Waals surface area contributed by atoms with Crippen molar-refractivity contribution >= 4 is 40.7 Å². The smallest absolute Gasteiger partial charge is 0.259 e. The number of likely N-dealkylation sites (N-methyl/N-ethyl adjacent to an activating group) is 1. The number of carbonyl (C=O) groups excluding carboxylic acids is 1. The summed E-state index contributed by atoms with van der Waals surface area (Å²) in [6.45, 7) is 0.372. The molecule has 128 valence electrons. The zero-order chi connectivity index (χ0) is 17.9. The summed E-state index contributed by atoms with van der Waals surface area (Å²) >= 11 is 17.7. The second kappa shape index (κ2) is 7.92. The van der Waals surface area contributed by atoms with Crippen molar-refractivity contribution in [1.82, 2.24) is 4.90 Å². The van der Waals surface area contributed by atoms with E-state index in [9.17, 15) is 14.3 Å². The van der Waals surface area contributed by atoms with Crippen molar-refractivity contribution in [1.29, 1.82) is 0 Å². The molecule has 24 heavy (non-hydrogen) atoms. The van der Waals surface area contributed by atoms with Crippen molar-refractivity contribution in [2.24, 2.45) is 0 Å². The number of ether oxygens (including phenoxy) is 1. The number of hydrogen-bond acceptors (Lipinski definition) is 3. The van der Waals surface area contributed by atoms with Crippen LogP contribution in [0.5, 0.6) is 11.5 Å². The summed E-state index contributed by atoms with van der Waals surface area (Å²) in [4.78, 5) is 13.7. The first kappa shape index (κ1) is 18.6. The molecule has 2 rings (SSSR count). The van der Waals surface area contributed by atoms with E-state index in [2.05, 4.69) is 0 Å². The zero-order valence-electron chi connectivity index (χ0n) is 12.5. The van der Waals surface area contributed by atoms with Gasteiger partial charge in [0, 0.05) is 7.05 Å². The highest BCUT2D eigenvalue weighted by molar-refractivity contribution is 6.45. The van der Waals surface area contributed by atoms with Gasteiger partial charge in [0.05, 0.1) is 21.6 Å². The summed E-state index contributed by atoms with van der Waals surface area (Å²) < 4.78 is 18.2. The van der Waals surface area contributed by atoms with Gasteiger partial charge in [0.1, 0.15) is 29.5 Å².